The number of aryl methyl sites for hydroxylation is 1. The quantitative estimate of drug-likeness (QED) is 0.891. The van der Waals surface area contributed by atoms with Crippen molar-refractivity contribution in [1.82, 2.24) is 24.4 Å². The summed E-state index contributed by atoms with van der Waals surface area (Å²) in [6, 6.07) is 0. The summed E-state index contributed by atoms with van der Waals surface area (Å²) in [5.74, 6) is 1.74. The molecule has 2 aromatic heterocycles. The number of imidazole rings is 1. The summed E-state index contributed by atoms with van der Waals surface area (Å²) in [6.07, 6.45) is 3.19. The van der Waals surface area contributed by atoms with Gasteiger partial charge in [-0.05, 0) is 12.8 Å². The summed E-state index contributed by atoms with van der Waals surface area (Å²) >= 11 is 0. The number of hydrogen-bond acceptors (Lipinski definition) is 6. The van der Waals surface area contributed by atoms with Gasteiger partial charge in [0.15, 0.2) is 11.2 Å². The number of hydrogen-bond donors (Lipinski definition) is 1. The zero-order chi connectivity index (χ0) is 17.6. The van der Waals surface area contributed by atoms with Gasteiger partial charge in [0.1, 0.15) is 18.3 Å². The number of fused-ring (bicyclic) bond motifs is 1. The molecule has 1 N–H and O–H groups in total. The molecule has 0 aromatic carbocycles. The molecule has 9 nitrogen and oxygen atoms in total. The molecular weight excluding hydrogens is 326 g/mol. The van der Waals surface area contributed by atoms with Gasteiger partial charge < -0.3 is 24.0 Å². The minimum atomic E-state index is -0.920. The van der Waals surface area contributed by atoms with Crippen LogP contribution in [0, 0.1) is 0 Å². The second-order valence-corrected chi connectivity index (χ2v) is 6.66. The van der Waals surface area contributed by atoms with Crippen molar-refractivity contribution >= 4 is 17.3 Å². The number of amides is 1. The van der Waals surface area contributed by atoms with Crippen molar-refractivity contribution in [3.63, 3.8) is 0 Å². The zero-order valence-corrected chi connectivity index (χ0v) is 14.3. The molecule has 1 amide bonds. The fourth-order valence-electron chi connectivity index (χ4n) is 3.57. The van der Waals surface area contributed by atoms with Crippen LogP contribution in [0.3, 0.4) is 0 Å². The largest absolute Gasteiger partial charge is 0.471 e. The highest BCUT2D eigenvalue weighted by atomic mass is 16.5. The van der Waals surface area contributed by atoms with Gasteiger partial charge in [0.2, 0.25) is 5.88 Å². The summed E-state index contributed by atoms with van der Waals surface area (Å²) < 4.78 is 13.3. The molecule has 2 fully saturated rings. The third-order valence-corrected chi connectivity index (χ3v) is 5.14. The number of aromatic nitrogens is 4. The summed E-state index contributed by atoms with van der Waals surface area (Å²) in [5, 5.41) is 9.06. The minimum absolute atomic E-state index is 0.207. The highest BCUT2D eigenvalue weighted by Gasteiger charge is 2.34. The third kappa shape index (κ3) is 2.78. The molecule has 1 atom stereocenters. The van der Waals surface area contributed by atoms with E-state index in [1.54, 1.807) is 7.11 Å². The van der Waals surface area contributed by atoms with Gasteiger partial charge in [-0.1, -0.05) is 0 Å². The summed E-state index contributed by atoms with van der Waals surface area (Å²) in [4.78, 5) is 25.7. The van der Waals surface area contributed by atoms with Crippen molar-refractivity contribution < 1.29 is 19.4 Å². The van der Waals surface area contributed by atoms with E-state index in [2.05, 4.69) is 9.97 Å². The molecule has 4 rings (SSSR count). The number of carbonyl (C=O) groups is 1. The fourth-order valence-corrected chi connectivity index (χ4v) is 3.57. The van der Waals surface area contributed by atoms with Crippen LogP contribution >= 0.6 is 0 Å². The first-order chi connectivity index (χ1) is 12.1. The highest BCUT2D eigenvalue weighted by Crippen LogP contribution is 2.39. The topological polar surface area (TPSA) is 103 Å². The van der Waals surface area contributed by atoms with Gasteiger partial charge in [-0.3, -0.25) is 0 Å². The molecule has 0 bridgehead atoms. The lowest BCUT2D eigenvalue weighted by molar-refractivity contribution is 0.0231. The molecule has 1 saturated heterocycles. The van der Waals surface area contributed by atoms with Gasteiger partial charge in [-0.15, -0.1) is 0 Å². The van der Waals surface area contributed by atoms with Crippen molar-refractivity contribution in [3.8, 4) is 5.88 Å². The van der Waals surface area contributed by atoms with Gasteiger partial charge in [0.05, 0.1) is 12.6 Å². The number of carboxylic acid groups (broad SMARTS) is 1. The molecule has 25 heavy (non-hydrogen) atoms. The van der Waals surface area contributed by atoms with Crippen LogP contribution in [0.25, 0.3) is 11.2 Å². The van der Waals surface area contributed by atoms with Crippen LogP contribution in [0.2, 0.25) is 0 Å². The van der Waals surface area contributed by atoms with E-state index < -0.39 is 6.09 Å². The Hall–Kier alpha value is -2.42. The Morgan fingerprint density at radius 3 is 2.80 bits per heavy atom. The van der Waals surface area contributed by atoms with Crippen molar-refractivity contribution in [2.24, 2.45) is 7.05 Å². The average molecular weight is 347 g/mol. The standard InChI is InChI=1S/C16H21N5O4/c1-20-13(9-5-11(6-9)24-2)19-12-14(20)17-8-18-15(12)25-10-3-4-21(7-10)16(22)23/h8-11H,3-7H2,1-2H3,(H,22,23). The molecule has 9 heteroatoms. The predicted octanol–water partition coefficient (Wildman–Crippen LogP) is 1.39. The van der Waals surface area contributed by atoms with Crippen molar-refractivity contribution in [2.45, 2.75) is 37.4 Å². The second-order valence-electron chi connectivity index (χ2n) is 6.66. The highest BCUT2D eigenvalue weighted by molar-refractivity contribution is 5.77. The van der Waals surface area contributed by atoms with E-state index in [0.717, 1.165) is 24.3 Å². The maximum Gasteiger partial charge on any atom is 0.407 e. The van der Waals surface area contributed by atoms with Gasteiger partial charge in [-0.2, -0.15) is 4.98 Å². The van der Waals surface area contributed by atoms with Crippen LogP contribution in [0.4, 0.5) is 4.79 Å². The van der Waals surface area contributed by atoms with E-state index in [-0.39, 0.29) is 6.10 Å². The number of ether oxygens (including phenoxy) is 2. The first-order valence-electron chi connectivity index (χ1n) is 8.41. The lowest BCUT2D eigenvalue weighted by Gasteiger charge is -2.33. The number of methoxy groups -OCH3 is 1. The maximum absolute atomic E-state index is 11.0. The fraction of sp³-hybridized carbons (Fsp3) is 0.625. The van der Waals surface area contributed by atoms with Crippen LogP contribution in [-0.4, -0.2) is 68.0 Å². The molecule has 134 valence electrons. The van der Waals surface area contributed by atoms with E-state index >= 15 is 0 Å². The SMILES string of the molecule is COC1CC(c2nc3c(OC4CCN(C(=O)O)C4)ncnc3n2C)C1. The van der Waals surface area contributed by atoms with Crippen molar-refractivity contribution in [3.05, 3.63) is 12.2 Å². The van der Waals surface area contributed by atoms with Crippen LogP contribution in [0.15, 0.2) is 6.33 Å². The molecule has 0 spiro atoms. The summed E-state index contributed by atoms with van der Waals surface area (Å²) in [7, 11) is 3.68. The van der Waals surface area contributed by atoms with Crippen molar-refractivity contribution in [2.75, 3.05) is 20.2 Å². The van der Waals surface area contributed by atoms with E-state index in [9.17, 15) is 4.79 Å². The van der Waals surface area contributed by atoms with E-state index in [1.165, 1.54) is 11.2 Å². The van der Waals surface area contributed by atoms with Crippen LogP contribution in [-0.2, 0) is 11.8 Å². The van der Waals surface area contributed by atoms with E-state index in [0.29, 0.717) is 42.9 Å². The van der Waals surface area contributed by atoms with Crippen LogP contribution < -0.4 is 4.74 Å². The zero-order valence-electron chi connectivity index (χ0n) is 14.3. The Balaban J connectivity index is 1.57. The van der Waals surface area contributed by atoms with Crippen molar-refractivity contribution in [1.29, 1.82) is 0 Å². The van der Waals surface area contributed by atoms with Gasteiger partial charge in [0.25, 0.3) is 0 Å². The third-order valence-electron chi connectivity index (χ3n) is 5.14. The average Bonchev–Trinajstić information content (AvgIpc) is 3.14. The lowest BCUT2D eigenvalue weighted by atomic mass is 9.81. The summed E-state index contributed by atoms with van der Waals surface area (Å²) in [6.45, 7) is 0.820. The Labute approximate surface area is 144 Å². The monoisotopic (exact) mass is 347 g/mol. The maximum atomic E-state index is 11.0. The Morgan fingerprint density at radius 2 is 2.12 bits per heavy atom. The number of rotatable bonds is 4. The molecule has 2 aromatic rings. The molecule has 1 unspecified atom stereocenters. The lowest BCUT2D eigenvalue weighted by Crippen LogP contribution is -2.30. The molecule has 1 saturated carbocycles. The Morgan fingerprint density at radius 1 is 1.32 bits per heavy atom. The second kappa shape index (κ2) is 6.14. The molecule has 1 aliphatic heterocycles. The molecular formula is C16H21N5O4. The first-order valence-corrected chi connectivity index (χ1v) is 8.41. The Kier molecular flexibility index (Phi) is 3.95. The summed E-state index contributed by atoms with van der Waals surface area (Å²) in [5.41, 5.74) is 1.36. The first kappa shape index (κ1) is 16.1. The van der Waals surface area contributed by atoms with Crippen LogP contribution in [0.5, 0.6) is 5.88 Å². The number of nitrogens with zero attached hydrogens (tertiary/aromatic N) is 5. The van der Waals surface area contributed by atoms with E-state index in [1.807, 2.05) is 11.6 Å². The predicted molar refractivity (Wildman–Crippen MR) is 87.7 cm³/mol. The Bertz CT molecular complexity index is 801. The molecule has 0 radical (unpaired) electrons. The van der Waals surface area contributed by atoms with Gasteiger partial charge in [0, 0.05) is 33.0 Å². The molecule has 3 heterocycles. The van der Waals surface area contributed by atoms with Gasteiger partial charge >= 0.3 is 6.09 Å². The number of likely N-dealkylation sites (tertiary alicyclic amines) is 1. The van der Waals surface area contributed by atoms with E-state index in [4.69, 9.17) is 19.6 Å². The normalized spacial score (nSPS) is 26.0. The molecule has 2 aliphatic rings. The van der Waals surface area contributed by atoms with Gasteiger partial charge in [-0.25, -0.2) is 14.8 Å². The molecule has 1 aliphatic carbocycles. The smallest absolute Gasteiger partial charge is 0.407 e. The van der Waals surface area contributed by atoms with Crippen LogP contribution in [0.1, 0.15) is 31.0 Å². The minimum Gasteiger partial charge on any atom is -0.471 e.